The summed E-state index contributed by atoms with van der Waals surface area (Å²) in [6.07, 6.45) is 0. The Morgan fingerprint density at radius 3 is 2.74 bits per heavy atom. The van der Waals surface area contributed by atoms with Crippen LogP contribution in [0.15, 0.2) is 28.7 Å². The number of fused-ring (bicyclic) bond motifs is 1. The smallest absolute Gasteiger partial charge is 0.138 e. The number of benzene rings is 1. The number of piperazine rings is 1. The van der Waals surface area contributed by atoms with Gasteiger partial charge in [0, 0.05) is 43.7 Å². The van der Waals surface area contributed by atoms with Gasteiger partial charge in [-0.05, 0) is 13.1 Å². The summed E-state index contributed by atoms with van der Waals surface area (Å²) < 4.78 is 5.98. The average molecular weight is 259 g/mol. The molecule has 0 bridgehead atoms. The Kier molecular flexibility index (Phi) is 3.55. The number of nitrogens with zero attached hydrogens (tertiary/aromatic N) is 2. The van der Waals surface area contributed by atoms with Gasteiger partial charge in [0.2, 0.25) is 0 Å². The second kappa shape index (κ2) is 5.33. The molecule has 1 aliphatic heterocycles. The maximum Gasteiger partial charge on any atom is 0.138 e. The Balaban J connectivity index is 1.78. The van der Waals surface area contributed by atoms with Gasteiger partial charge in [0.05, 0.1) is 6.54 Å². The molecular formula is C15H21N3O. The van der Waals surface area contributed by atoms with Gasteiger partial charge in [-0.2, -0.15) is 0 Å². The molecule has 3 rings (SSSR count). The largest absolute Gasteiger partial charge is 0.459 e. The third-order valence-corrected chi connectivity index (χ3v) is 3.87. The lowest BCUT2D eigenvalue weighted by Gasteiger charge is -2.31. The van der Waals surface area contributed by atoms with Gasteiger partial charge in [0.1, 0.15) is 11.3 Å². The fourth-order valence-electron chi connectivity index (χ4n) is 2.64. The lowest BCUT2D eigenvalue weighted by Crippen LogP contribution is -2.43. The van der Waals surface area contributed by atoms with E-state index >= 15 is 0 Å². The second-order valence-corrected chi connectivity index (χ2v) is 5.33. The summed E-state index contributed by atoms with van der Waals surface area (Å²) >= 11 is 0. The number of rotatable bonds is 3. The van der Waals surface area contributed by atoms with Crippen LogP contribution < -0.4 is 5.73 Å². The van der Waals surface area contributed by atoms with Crippen molar-refractivity contribution in [1.82, 2.24) is 9.80 Å². The maximum atomic E-state index is 5.98. The van der Waals surface area contributed by atoms with E-state index in [1.54, 1.807) is 0 Å². The van der Waals surface area contributed by atoms with Gasteiger partial charge in [0.25, 0.3) is 0 Å². The molecule has 4 nitrogen and oxygen atoms in total. The maximum absolute atomic E-state index is 5.98. The summed E-state index contributed by atoms with van der Waals surface area (Å²) in [5, 5.41) is 1.16. The number of hydrogen-bond acceptors (Lipinski definition) is 4. The molecule has 1 aliphatic rings. The van der Waals surface area contributed by atoms with Gasteiger partial charge >= 0.3 is 0 Å². The van der Waals surface area contributed by atoms with Crippen molar-refractivity contribution in [3.05, 3.63) is 35.6 Å². The van der Waals surface area contributed by atoms with Gasteiger partial charge in [-0.15, -0.1) is 0 Å². The van der Waals surface area contributed by atoms with Crippen LogP contribution in [-0.2, 0) is 13.1 Å². The van der Waals surface area contributed by atoms with Crippen molar-refractivity contribution in [1.29, 1.82) is 0 Å². The molecular weight excluding hydrogens is 238 g/mol. The fraction of sp³-hybridized carbons (Fsp3) is 0.467. The van der Waals surface area contributed by atoms with Crippen LogP contribution in [0.1, 0.15) is 11.3 Å². The highest BCUT2D eigenvalue weighted by Gasteiger charge is 2.16. The molecule has 1 saturated heterocycles. The van der Waals surface area contributed by atoms with Crippen LogP contribution in [0, 0.1) is 0 Å². The van der Waals surface area contributed by atoms with Crippen LogP contribution in [0.5, 0.6) is 0 Å². The van der Waals surface area contributed by atoms with Crippen molar-refractivity contribution in [2.75, 3.05) is 33.2 Å². The number of nitrogens with two attached hydrogens (primary N) is 1. The zero-order chi connectivity index (χ0) is 13.2. The quantitative estimate of drug-likeness (QED) is 0.910. The normalized spacial score (nSPS) is 18.2. The van der Waals surface area contributed by atoms with Crippen LogP contribution in [0.2, 0.25) is 0 Å². The Morgan fingerprint density at radius 2 is 2.00 bits per heavy atom. The van der Waals surface area contributed by atoms with Gasteiger partial charge in [-0.1, -0.05) is 18.2 Å². The highest BCUT2D eigenvalue weighted by Crippen LogP contribution is 2.24. The monoisotopic (exact) mass is 259 g/mol. The van der Waals surface area contributed by atoms with Crippen LogP contribution in [-0.4, -0.2) is 43.0 Å². The van der Waals surface area contributed by atoms with E-state index in [1.165, 1.54) is 0 Å². The molecule has 0 spiro atoms. The molecule has 0 saturated carbocycles. The molecule has 1 aromatic carbocycles. The van der Waals surface area contributed by atoms with Gasteiger partial charge in [-0.3, -0.25) is 4.90 Å². The molecule has 102 valence electrons. The Labute approximate surface area is 113 Å². The second-order valence-electron chi connectivity index (χ2n) is 5.33. The summed E-state index contributed by atoms with van der Waals surface area (Å²) in [7, 11) is 2.17. The minimum Gasteiger partial charge on any atom is -0.459 e. The lowest BCUT2D eigenvalue weighted by atomic mass is 10.1. The standard InChI is InChI=1S/C15H21N3O/c1-17-5-7-18(8-6-17)11-14-9-12-3-2-4-13(10-16)15(12)19-14/h2-4,9H,5-8,10-11,16H2,1H3. The zero-order valence-corrected chi connectivity index (χ0v) is 11.4. The van der Waals surface area contributed by atoms with Crippen LogP contribution in [0.4, 0.5) is 0 Å². The molecule has 19 heavy (non-hydrogen) atoms. The molecule has 2 heterocycles. The first-order valence-corrected chi connectivity index (χ1v) is 6.87. The van der Waals surface area contributed by atoms with E-state index in [0.29, 0.717) is 6.54 Å². The first-order chi connectivity index (χ1) is 9.26. The number of likely N-dealkylation sites (N-methyl/N-ethyl adjacent to an activating group) is 1. The van der Waals surface area contributed by atoms with Crippen molar-refractivity contribution in [2.24, 2.45) is 5.73 Å². The van der Waals surface area contributed by atoms with E-state index in [4.69, 9.17) is 10.2 Å². The van der Waals surface area contributed by atoms with E-state index in [9.17, 15) is 0 Å². The Hall–Kier alpha value is -1.36. The average Bonchev–Trinajstić information content (AvgIpc) is 2.83. The molecule has 0 aliphatic carbocycles. The highest BCUT2D eigenvalue weighted by atomic mass is 16.3. The molecule has 2 N–H and O–H groups in total. The highest BCUT2D eigenvalue weighted by molar-refractivity contribution is 5.81. The third-order valence-electron chi connectivity index (χ3n) is 3.87. The van der Waals surface area contributed by atoms with E-state index in [2.05, 4.69) is 29.0 Å². The van der Waals surface area contributed by atoms with Crippen molar-refractivity contribution >= 4 is 11.0 Å². The van der Waals surface area contributed by atoms with Crippen molar-refractivity contribution in [2.45, 2.75) is 13.1 Å². The predicted molar refractivity (Wildman–Crippen MR) is 76.9 cm³/mol. The summed E-state index contributed by atoms with van der Waals surface area (Å²) in [6, 6.07) is 8.31. The third kappa shape index (κ3) is 2.66. The molecule has 1 aromatic heterocycles. The summed E-state index contributed by atoms with van der Waals surface area (Å²) in [5.41, 5.74) is 7.79. The number of para-hydroxylation sites is 1. The first kappa shape index (κ1) is 12.7. The van der Waals surface area contributed by atoms with Crippen molar-refractivity contribution in [3.8, 4) is 0 Å². The predicted octanol–water partition coefficient (Wildman–Crippen LogP) is 1.64. The summed E-state index contributed by atoms with van der Waals surface area (Å²) in [6.45, 7) is 5.91. The molecule has 4 heteroatoms. The van der Waals surface area contributed by atoms with Crippen molar-refractivity contribution < 1.29 is 4.42 Å². The van der Waals surface area contributed by atoms with E-state index in [-0.39, 0.29) is 0 Å². The minimum absolute atomic E-state index is 0.527. The summed E-state index contributed by atoms with van der Waals surface area (Å²) in [4.78, 5) is 4.81. The van der Waals surface area contributed by atoms with E-state index in [1.807, 2.05) is 12.1 Å². The van der Waals surface area contributed by atoms with Gasteiger partial charge in [-0.25, -0.2) is 0 Å². The molecule has 0 unspecified atom stereocenters. The van der Waals surface area contributed by atoms with Gasteiger partial charge < -0.3 is 15.1 Å². The minimum atomic E-state index is 0.527. The summed E-state index contributed by atoms with van der Waals surface area (Å²) in [5.74, 6) is 1.04. The van der Waals surface area contributed by atoms with Crippen LogP contribution >= 0.6 is 0 Å². The van der Waals surface area contributed by atoms with E-state index in [0.717, 1.165) is 55.0 Å². The number of hydrogen-bond donors (Lipinski definition) is 1. The fourth-order valence-corrected chi connectivity index (χ4v) is 2.64. The number of furan rings is 1. The molecule has 0 radical (unpaired) electrons. The Morgan fingerprint density at radius 1 is 1.21 bits per heavy atom. The van der Waals surface area contributed by atoms with E-state index < -0.39 is 0 Å². The molecule has 2 aromatic rings. The SMILES string of the molecule is CN1CCN(Cc2cc3cccc(CN)c3o2)CC1. The van der Waals surface area contributed by atoms with Crippen molar-refractivity contribution in [3.63, 3.8) is 0 Å². The Bertz CT molecular complexity index is 556. The van der Waals surface area contributed by atoms with Gasteiger partial charge in [0.15, 0.2) is 0 Å². The van der Waals surface area contributed by atoms with Crippen LogP contribution in [0.3, 0.4) is 0 Å². The molecule has 0 amide bonds. The van der Waals surface area contributed by atoms with Crippen LogP contribution in [0.25, 0.3) is 11.0 Å². The topological polar surface area (TPSA) is 45.6 Å². The lowest BCUT2D eigenvalue weighted by molar-refractivity contribution is 0.141. The molecule has 1 fully saturated rings. The first-order valence-electron chi connectivity index (χ1n) is 6.87. The zero-order valence-electron chi connectivity index (χ0n) is 11.4. The molecule has 0 atom stereocenters.